The Balaban J connectivity index is 1.41. The van der Waals surface area contributed by atoms with Crippen LogP contribution >= 0.6 is 0 Å². The lowest BCUT2D eigenvalue weighted by atomic mass is 9.76. The molecule has 3 saturated carbocycles. The maximum absolute atomic E-state index is 3.87. The van der Waals surface area contributed by atoms with E-state index in [0.29, 0.717) is 5.41 Å². The van der Waals surface area contributed by atoms with Gasteiger partial charge >= 0.3 is 0 Å². The van der Waals surface area contributed by atoms with Crippen molar-refractivity contribution in [3.8, 4) is 0 Å². The summed E-state index contributed by atoms with van der Waals surface area (Å²) in [6.45, 7) is 4.12. The van der Waals surface area contributed by atoms with E-state index in [1.54, 1.807) is 0 Å². The first-order chi connectivity index (χ1) is 10.3. The molecule has 0 unspecified atom stereocenters. The third-order valence-corrected chi connectivity index (χ3v) is 6.90. The van der Waals surface area contributed by atoms with Gasteiger partial charge in [0.05, 0.1) is 0 Å². The van der Waals surface area contributed by atoms with Crippen molar-refractivity contribution in [1.82, 2.24) is 10.2 Å². The van der Waals surface area contributed by atoms with Crippen molar-refractivity contribution in [2.75, 3.05) is 19.6 Å². The lowest BCUT2D eigenvalue weighted by Crippen LogP contribution is -2.52. The first-order valence-electron chi connectivity index (χ1n) is 9.82. The van der Waals surface area contributed by atoms with E-state index < -0.39 is 0 Å². The van der Waals surface area contributed by atoms with Gasteiger partial charge in [0.1, 0.15) is 0 Å². The highest BCUT2D eigenvalue weighted by atomic mass is 15.2. The Morgan fingerprint density at radius 2 is 1.62 bits per heavy atom. The predicted molar refractivity (Wildman–Crippen MR) is 88.5 cm³/mol. The molecule has 1 saturated heterocycles. The first-order valence-corrected chi connectivity index (χ1v) is 9.82. The lowest BCUT2D eigenvalue weighted by molar-refractivity contribution is 0.0243. The Hall–Kier alpha value is -0.0800. The normalized spacial score (nSPS) is 36.6. The Morgan fingerprint density at radius 1 is 0.857 bits per heavy atom. The van der Waals surface area contributed by atoms with Crippen LogP contribution in [-0.2, 0) is 0 Å². The Kier molecular flexibility index (Phi) is 4.28. The van der Waals surface area contributed by atoms with E-state index in [-0.39, 0.29) is 0 Å². The Morgan fingerprint density at radius 3 is 2.43 bits per heavy atom. The van der Waals surface area contributed by atoms with Crippen LogP contribution in [0.5, 0.6) is 0 Å². The number of piperidine rings is 1. The molecule has 4 aliphatic rings. The van der Waals surface area contributed by atoms with Crippen molar-refractivity contribution in [3.05, 3.63) is 0 Å². The number of fused-ring (bicyclic) bond motifs is 1. The van der Waals surface area contributed by atoms with Crippen LogP contribution in [0.1, 0.15) is 77.0 Å². The zero-order chi connectivity index (χ0) is 14.1. The van der Waals surface area contributed by atoms with Crippen LogP contribution in [0.2, 0.25) is 0 Å². The minimum Gasteiger partial charge on any atom is -0.313 e. The highest BCUT2D eigenvalue weighted by Crippen LogP contribution is 2.42. The minimum atomic E-state index is 0.627. The van der Waals surface area contributed by atoms with Crippen LogP contribution in [-0.4, -0.2) is 36.6 Å². The van der Waals surface area contributed by atoms with E-state index in [9.17, 15) is 0 Å². The molecule has 4 fully saturated rings. The summed E-state index contributed by atoms with van der Waals surface area (Å²) in [7, 11) is 0. The third-order valence-electron chi connectivity index (χ3n) is 6.90. The van der Waals surface area contributed by atoms with Crippen molar-refractivity contribution in [2.45, 2.75) is 89.1 Å². The average Bonchev–Trinajstić information content (AvgIpc) is 3.25. The van der Waals surface area contributed by atoms with Gasteiger partial charge < -0.3 is 5.32 Å². The number of nitrogens with one attached hydrogen (secondary N) is 1. The van der Waals surface area contributed by atoms with Crippen molar-refractivity contribution < 1.29 is 0 Å². The predicted octanol–water partition coefficient (Wildman–Crippen LogP) is 3.95. The van der Waals surface area contributed by atoms with Gasteiger partial charge in [0.15, 0.2) is 0 Å². The number of rotatable bonds is 5. The number of hydrogen-bond acceptors (Lipinski definition) is 2. The molecular weight excluding hydrogens is 256 g/mol. The summed E-state index contributed by atoms with van der Waals surface area (Å²) in [5.41, 5.74) is 0.627. The van der Waals surface area contributed by atoms with Crippen molar-refractivity contribution in [3.63, 3.8) is 0 Å². The fourth-order valence-electron chi connectivity index (χ4n) is 5.52. The molecule has 1 aliphatic heterocycles. The maximum atomic E-state index is 3.87. The summed E-state index contributed by atoms with van der Waals surface area (Å²) in [5, 5.41) is 3.87. The van der Waals surface area contributed by atoms with Gasteiger partial charge in [-0.15, -0.1) is 0 Å². The fraction of sp³-hybridized carbons (Fsp3) is 1.00. The summed E-state index contributed by atoms with van der Waals surface area (Å²) < 4.78 is 0. The van der Waals surface area contributed by atoms with Gasteiger partial charge in [-0.05, 0) is 69.2 Å². The largest absolute Gasteiger partial charge is 0.313 e. The zero-order valence-electron chi connectivity index (χ0n) is 13.8. The fourth-order valence-corrected chi connectivity index (χ4v) is 5.52. The molecule has 0 spiro atoms. The van der Waals surface area contributed by atoms with Crippen molar-refractivity contribution in [1.29, 1.82) is 0 Å². The van der Waals surface area contributed by atoms with Crippen molar-refractivity contribution >= 4 is 0 Å². The summed E-state index contributed by atoms with van der Waals surface area (Å²) in [5.74, 6) is 1.04. The number of nitrogens with zero attached hydrogens (tertiary/aromatic N) is 1. The molecule has 1 heterocycles. The van der Waals surface area contributed by atoms with Gasteiger partial charge in [0.2, 0.25) is 0 Å². The smallest absolute Gasteiger partial charge is 0.0124 e. The van der Waals surface area contributed by atoms with Crippen LogP contribution in [0, 0.1) is 11.3 Å². The molecule has 0 aromatic heterocycles. The Bertz CT molecular complexity index is 341. The molecule has 0 amide bonds. The second kappa shape index (κ2) is 6.20. The summed E-state index contributed by atoms with van der Waals surface area (Å²) >= 11 is 0. The molecule has 2 atom stereocenters. The standard InChI is InChI=1S/C19H34N2/c1-2-8-18-16(6-1)7-5-13-21(18)15-19(11-3-4-12-19)14-20-17-9-10-17/h16-18,20H,1-15H2/t16-,18-/m1/s1. The van der Waals surface area contributed by atoms with Gasteiger partial charge in [-0.2, -0.15) is 0 Å². The van der Waals surface area contributed by atoms with E-state index in [1.165, 1.54) is 96.7 Å². The summed E-state index contributed by atoms with van der Waals surface area (Å²) in [6, 6.07) is 1.83. The number of likely N-dealkylation sites (tertiary alicyclic amines) is 1. The van der Waals surface area contributed by atoms with Crippen molar-refractivity contribution in [2.24, 2.45) is 11.3 Å². The average molecular weight is 290 g/mol. The number of hydrogen-bond donors (Lipinski definition) is 1. The van der Waals surface area contributed by atoms with Gasteiger partial charge in [-0.25, -0.2) is 0 Å². The highest BCUT2D eigenvalue weighted by Gasteiger charge is 2.41. The molecule has 0 aromatic rings. The van der Waals surface area contributed by atoms with E-state index in [2.05, 4.69) is 10.2 Å². The zero-order valence-corrected chi connectivity index (χ0v) is 13.8. The molecule has 0 aromatic carbocycles. The molecule has 2 nitrogen and oxygen atoms in total. The van der Waals surface area contributed by atoms with E-state index in [0.717, 1.165) is 18.0 Å². The van der Waals surface area contributed by atoms with Crippen LogP contribution in [0.4, 0.5) is 0 Å². The SMILES string of the molecule is C1CC[C@@H]2[C@H](C1)CCCN2CC1(CNC2CC2)CCCC1. The highest BCUT2D eigenvalue weighted by molar-refractivity contribution is 4.96. The van der Waals surface area contributed by atoms with Crippen LogP contribution < -0.4 is 5.32 Å². The van der Waals surface area contributed by atoms with Gasteiger partial charge in [-0.1, -0.05) is 25.7 Å². The van der Waals surface area contributed by atoms with Crippen LogP contribution in [0.3, 0.4) is 0 Å². The molecular formula is C19H34N2. The third kappa shape index (κ3) is 3.32. The van der Waals surface area contributed by atoms with E-state index >= 15 is 0 Å². The van der Waals surface area contributed by atoms with Gasteiger partial charge in [-0.3, -0.25) is 4.90 Å². The first kappa shape index (κ1) is 14.5. The summed E-state index contributed by atoms with van der Waals surface area (Å²) in [6.07, 6.45) is 17.8. The topological polar surface area (TPSA) is 15.3 Å². The quantitative estimate of drug-likeness (QED) is 0.824. The molecule has 0 bridgehead atoms. The molecule has 21 heavy (non-hydrogen) atoms. The lowest BCUT2D eigenvalue weighted by Gasteiger charge is -2.47. The van der Waals surface area contributed by atoms with Crippen LogP contribution in [0.15, 0.2) is 0 Å². The molecule has 4 rings (SSSR count). The Labute approximate surface area is 131 Å². The van der Waals surface area contributed by atoms with E-state index in [4.69, 9.17) is 0 Å². The maximum Gasteiger partial charge on any atom is 0.0124 e. The molecule has 0 radical (unpaired) electrons. The molecule has 120 valence electrons. The molecule has 2 heteroatoms. The van der Waals surface area contributed by atoms with Crippen LogP contribution in [0.25, 0.3) is 0 Å². The van der Waals surface area contributed by atoms with Gasteiger partial charge in [0.25, 0.3) is 0 Å². The molecule has 3 aliphatic carbocycles. The second-order valence-corrected chi connectivity index (χ2v) is 8.59. The monoisotopic (exact) mass is 290 g/mol. The minimum absolute atomic E-state index is 0.627. The van der Waals surface area contributed by atoms with E-state index in [1.807, 2.05) is 0 Å². The summed E-state index contributed by atoms with van der Waals surface area (Å²) in [4.78, 5) is 2.95. The second-order valence-electron chi connectivity index (χ2n) is 8.59. The van der Waals surface area contributed by atoms with Gasteiger partial charge in [0, 0.05) is 25.2 Å². The molecule has 1 N–H and O–H groups in total.